The Balaban J connectivity index is 1.60. The lowest BCUT2D eigenvalue weighted by molar-refractivity contribution is -0.118. The van der Waals surface area contributed by atoms with E-state index >= 15 is 0 Å². The van der Waals surface area contributed by atoms with Gasteiger partial charge in [0.25, 0.3) is 0 Å². The van der Waals surface area contributed by atoms with Crippen molar-refractivity contribution in [2.24, 2.45) is 0 Å². The lowest BCUT2D eigenvalue weighted by Gasteiger charge is -2.23. The van der Waals surface area contributed by atoms with Crippen LogP contribution in [0, 0.1) is 0 Å². The topological polar surface area (TPSA) is 70.7 Å². The molecule has 0 aromatic heterocycles. The van der Waals surface area contributed by atoms with Crippen molar-refractivity contribution in [2.75, 3.05) is 36.5 Å². The molecule has 2 N–H and O–H groups in total. The first-order valence-corrected chi connectivity index (χ1v) is 7.74. The number of nitrogens with zero attached hydrogens (tertiary/aromatic N) is 1. The normalized spacial score (nSPS) is 21.9. The van der Waals surface area contributed by atoms with E-state index in [1.54, 1.807) is 4.90 Å². The third-order valence-electron chi connectivity index (χ3n) is 3.95. The number of hydrogen-bond donors (Lipinski definition) is 2. The van der Waals surface area contributed by atoms with Crippen LogP contribution in [0.25, 0.3) is 0 Å². The highest BCUT2D eigenvalue weighted by Gasteiger charge is 2.22. The summed E-state index contributed by atoms with van der Waals surface area (Å²) < 4.78 is 5.34. The first-order valence-electron chi connectivity index (χ1n) is 7.74. The van der Waals surface area contributed by atoms with Crippen molar-refractivity contribution in [1.29, 1.82) is 0 Å². The highest BCUT2D eigenvalue weighted by molar-refractivity contribution is 5.97. The number of anilines is 2. The highest BCUT2D eigenvalue weighted by Crippen LogP contribution is 2.24. The molecule has 3 rings (SSSR count). The van der Waals surface area contributed by atoms with E-state index in [0.717, 1.165) is 30.9 Å². The molecular weight excluding hydrogens is 282 g/mol. The zero-order valence-corrected chi connectivity index (χ0v) is 12.5. The summed E-state index contributed by atoms with van der Waals surface area (Å²) in [4.78, 5) is 25.6. The van der Waals surface area contributed by atoms with E-state index in [0.29, 0.717) is 26.1 Å². The predicted molar refractivity (Wildman–Crippen MR) is 83.9 cm³/mol. The molecule has 1 aromatic rings. The van der Waals surface area contributed by atoms with Gasteiger partial charge in [-0.1, -0.05) is 6.07 Å². The van der Waals surface area contributed by atoms with Crippen molar-refractivity contribution >= 4 is 23.2 Å². The minimum atomic E-state index is -0.0482. The molecule has 2 amide bonds. The van der Waals surface area contributed by atoms with Crippen LogP contribution < -0.4 is 15.5 Å². The highest BCUT2D eigenvalue weighted by atomic mass is 16.5. The fraction of sp³-hybridized carbons (Fsp3) is 0.500. The number of nitrogens with one attached hydrogen (secondary N) is 2. The molecule has 0 saturated carbocycles. The van der Waals surface area contributed by atoms with Gasteiger partial charge >= 0.3 is 0 Å². The Morgan fingerprint density at radius 2 is 2.36 bits per heavy atom. The van der Waals surface area contributed by atoms with Crippen LogP contribution in [-0.2, 0) is 14.3 Å². The standard InChI is InChI=1S/C16H21N3O3/c20-15(10-13-11-22-8-6-17-13)18-12-3-1-4-14(9-12)19-7-2-5-16(19)21/h1,3-4,9,13,17H,2,5-8,10-11H2,(H,18,20). The summed E-state index contributed by atoms with van der Waals surface area (Å²) in [6.45, 7) is 2.80. The van der Waals surface area contributed by atoms with Gasteiger partial charge in [-0.15, -0.1) is 0 Å². The number of carbonyl (C=O) groups is 2. The van der Waals surface area contributed by atoms with Gasteiger partial charge < -0.3 is 20.3 Å². The van der Waals surface area contributed by atoms with E-state index in [9.17, 15) is 9.59 Å². The summed E-state index contributed by atoms with van der Waals surface area (Å²) in [5, 5.41) is 6.15. The molecule has 0 radical (unpaired) electrons. The van der Waals surface area contributed by atoms with Gasteiger partial charge in [0.05, 0.1) is 13.2 Å². The SMILES string of the molecule is O=C(CC1COCCN1)Nc1cccc(N2CCCC2=O)c1. The van der Waals surface area contributed by atoms with Crippen molar-refractivity contribution in [3.63, 3.8) is 0 Å². The summed E-state index contributed by atoms with van der Waals surface area (Å²) in [5.41, 5.74) is 1.57. The first kappa shape index (κ1) is 15.0. The maximum Gasteiger partial charge on any atom is 0.227 e. The van der Waals surface area contributed by atoms with Crippen molar-refractivity contribution in [3.05, 3.63) is 24.3 Å². The van der Waals surface area contributed by atoms with Crippen LogP contribution in [0.5, 0.6) is 0 Å². The Morgan fingerprint density at radius 1 is 1.45 bits per heavy atom. The zero-order chi connectivity index (χ0) is 15.4. The molecule has 1 aromatic carbocycles. The van der Waals surface area contributed by atoms with Crippen LogP contribution in [-0.4, -0.2) is 44.2 Å². The lowest BCUT2D eigenvalue weighted by atomic mass is 10.2. The minimum absolute atomic E-state index is 0.0482. The average Bonchev–Trinajstić information content (AvgIpc) is 2.94. The van der Waals surface area contributed by atoms with Gasteiger partial charge in [-0.3, -0.25) is 9.59 Å². The maximum atomic E-state index is 12.1. The second-order valence-corrected chi connectivity index (χ2v) is 5.68. The van der Waals surface area contributed by atoms with E-state index in [-0.39, 0.29) is 17.9 Å². The molecule has 2 heterocycles. The summed E-state index contributed by atoms with van der Waals surface area (Å²) in [5.74, 6) is 0.0972. The molecule has 0 aliphatic carbocycles. The minimum Gasteiger partial charge on any atom is -0.378 e. The number of carbonyl (C=O) groups excluding carboxylic acids is 2. The van der Waals surface area contributed by atoms with Crippen molar-refractivity contribution in [3.8, 4) is 0 Å². The largest absolute Gasteiger partial charge is 0.378 e. The van der Waals surface area contributed by atoms with E-state index in [4.69, 9.17) is 4.74 Å². The number of morpholine rings is 1. The van der Waals surface area contributed by atoms with Gasteiger partial charge in [-0.05, 0) is 24.6 Å². The number of ether oxygens (including phenoxy) is 1. The van der Waals surface area contributed by atoms with E-state index in [1.165, 1.54) is 0 Å². The van der Waals surface area contributed by atoms with Gasteiger partial charge in [0, 0.05) is 43.3 Å². The van der Waals surface area contributed by atoms with Crippen molar-refractivity contribution < 1.29 is 14.3 Å². The third-order valence-corrected chi connectivity index (χ3v) is 3.95. The van der Waals surface area contributed by atoms with Crippen LogP contribution in [0.2, 0.25) is 0 Å². The number of amides is 2. The fourth-order valence-electron chi connectivity index (χ4n) is 2.86. The van der Waals surface area contributed by atoms with Gasteiger partial charge in [0.1, 0.15) is 0 Å². The molecule has 2 fully saturated rings. The van der Waals surface area contributed by atoms with Gasteiger partial charge in [-0.2, -0.15) is 0 Å². The van der Waals surface area contributed by atoms with Crippen molar-refractivity contribution in [2.45, 2.75) is 25.3 Å². The molecular formula is C16H21N3O3. The lowest BCUT2D eigenvalue weighted by Crippen LogP contribution is -2.43. The summed E-state index contributed by atoms with van der Waals surface area (Å²) >= 11 is 0. The summed E-state index contributed by atoms with van der Waals surface area (Å²) in [6.07, 6.45) is 1.87. The Labute approximate surface area is 129 Å². The second-order valence-electron chi connectivity index (χ2n) is 5.68. The van der Waals surface area contributed by atoms with E-state index < -0.39 is 0 Å². The Morgan fingerprint density at radius 3 is 3.09 bits per heavy atom. The number of benzene rings is 1. The van der Waals surface area contributed by atoms with Gasteiger partial charge in [0.2, 0.25) is 11.8 Å². The molecule has 2 aliphatic rings. The monoisotopic (exact) mass is 303 g/mol. The van der Waals surface area contributed by atoms with Crippen LogP contribution in [0.15, 0.2) is 24.3 Å². The summed E-state index contributed by atoms with van der Waals surface area (Å²) in [7, 11) is 0. The maximum absolute atomic E-state index is 12.1. The molecule has 22 heavy (non-hydrogen) atoms. The fourth-order valence-corrected chi connectivity index (χ4v) is 2.86. The Kier molecular flexibility index (Phi) is 4.70. The first-order chi connectivity index (χ1) is 10.7. The third kappa shape index (κ3) is 3.64. The molecule has 2 saturated heterocycles. The molecule has 6 nitrogen and oxygen atoms in total. The van der Waals surface area contributed by atoms with Crippen LogP contribution >= 0.6 is 0 Å². The van der Waals surface area contributed by atoms with E-state index in [2.05, 4.69) is 10.6 Å². The Bertz CT molecular complexity index is 555. The summed E-state index contributed by atoms with van der Waals surface area (Å²) in [6, 6.07) is 7.52. The van der Waals surface area contributed by atoms with Crippen LogP contribution in [0.4, 0.5) is 11.4 Å². The van der Waals surface area contributed by atoms with E-state index in [1.807, 2.05) is 24.3 Å². The second kappa shape index (κ2) is 6.89. The smallest absolute Gasteiger partial charge is 0.227 e. The van der Waals surface area contributed by atoms with Crippen LogP contribution in [0.1, 0.15) is 19.3 Å². The molecule has 0 bridgehead atoms. The molecule has 118 valence electrons. The molecule has 2 aliphatic heterocycles. The molecule has 1 atom stereocenters. The van der Waals surface area contributed by atoms with Crippen molar-refractivity contribution in [1.82, 2.24) is 5.32 Å². The van der Waals surface area contributed by atoms with Gasteiger partial charge in [-0.25, -0.2) is 0 Å². The predicted octanol–water partition coefficient (Wildman–Crippen LogP) is 1.13. The average molecular weight is 303 g/mol. The quantitative estimate of drug-likeness (QED) is 0.875. The van der Waals surface area contributed by atoms with Gasteiger partial charge in [0.15, 0.2) is 0 Å². The zero-order valence-electron chi connectivity index (χ0n) is 12.5. The molecule has 0 spiro atoms. The molecule has 6 heteroatoms. The van der Waals surface area contributed by atoms with Crippen LogP contribution in [0.3, 0.4) is 0 Å². The number of rotatable bonds is 4. The molecule has 1 unspecified atom stereocenters. The Hall–Kier alpha value is -1.92. The number of hydrogen-bond acceptors (Lipinski definition) is 4.